The Balaban J connectivity index is 1.74. The van der Waals surface area contributed by atoms with E-state index in [0.29, 0.717) is 43.3 Å². The van der Waals surface area contributed by atoms with Gasteiger partial charge in [0.05, 0.1) is 60.3 Å². The summed E-state index contributed by atoms with van der Waals surface area (Å²) < 4.78 is 154. The number of alkyl halides is 6. The van der Waals surface area contributed by atoms with Gasteiger partial charge < -0.3 is 19.6 Å². The lowest BCUT2D eigenvalue weighted by Crippen LogP contribution is -2.63. The molecule has 47 heavy (non-hydrogen) atoms. The molecule has 7 nitrogen and oxygen atoms in total. The number of rotatable bonds is 6. The van der Waals surface area contributed by atoms with Crippen LogP contribution in [0.2, 0.25) is 0 Å². The van der Waals surface area contributed by atoms with Crippen LogP contribution < -0.4 is 9.80 Å². The number of likely N-dealkylation sites (N-methyl/N-ethyl adjacent to an activating group) is 1. The molecule has 1 N–H and O–H groups in total. The van der Waals surface area contributed by atoms with Crippen molar-refractivity contribution in [2.45, 2.75) is 50.5 Å². The number of halogens is 7. The largest absolute Gasteiger partial charge is 0.416 e. The van der Waals surface area contributed by atoms with Crippen LogP contribution in [0.1, 0.15) is 44.2 Å². The number of anilines is 2. The van der Waals surface area contributed by atoms with Gasteiger partial charge in [-0.3, -0.25) is 9.69 Å². The van der Waals surface area contributed by atoms with Crippen molar-refractivity contribution in [2.75, 3.05) is 56.3 Å². The molecule has 254 valence electrons. The Morgan fingerprint density at radius 3 is 2.28 bits per heavy atom. The molecule has 2 aliphatic heterocycles. The molecule has 1 aromatic heterocycles. The summed E-state index contributed by atoms with van der Waals surface area (Å²) in [7, 11) is 0.917. The van der Waals surface area contributed by atoms with Crippen LogP contribution in [-0.4, -0.2) is 79.5 Å². The van der Waals surface area contributed by atoms with E-state index < -0.39 is 65.9 Å². The van der Waals surface area contributed by atoms with Gasteiger partial charge >= 0.3 is 12.4 Å². The van der Waals surface area contributed by atoms with Crippen LogP contribution in [0.4, 0.5) is 42.2 Å². The number of aliphatic hydroxyl groups excluding tert-OH is 1. The van der Waals surface area contributed by atoms with Gasteiger partial charge in [-0.25, -0.2) is 9.37 Å². The molecule has 0 bridgehead atoms. The van der Waals surface area contributed by atoms with E-state index in [-0.39, 0.29) is 53.5 Å². The minimum Gasteiger partial charge on any atom is -0.394 e. The molecule has 2 atom stereocenters. The fourth-order valence-corrected chi connectivity index (χ4v) is 5.94. The van der Waals surface area contributed by atoms with Crippen LogP contribution in [0, 0.1) is 12.7 Å². The summed E-state index contributed by atoms with van der Waals surface area (Å²) in [6.45, 7) is -4.66. The van der Waals surface area contributed by atoms with Gasteiger partial charge in [-0.15, -0.1) is 0 Å². The lowest BCUT2D eigenvalue weighted by atomic mass is 9.81. The lowest BCUT2D eigenvalue weighted by molar-refractivity contribution is -0.143. The molecule has 0 saturated carbocycles. The quantitative estimate of drug-likeness (QED) is 0.321. The number of carbonyl (C=O) groups is 1. The van der Waals surface area contributed by atoms with Crippen molar-refractivity contribution < 1.29 is 53.6 Å². The number of carbonyl (C=O) groups excluding carboxylic acids is 1. The van der Waals surface area contributed by atoms with E-state index in [1.165, 1.54) is 19.1 Å². The van der Waals surface area contributed by atoms with Crippen molar-refractivity contribution in [3.05, 3.63) is 76.7 Å². The maximum absolute atomic E-state index is 14.6. The van der Waals surface area contributed by atoms with Gasteiger partial charge in [-0.2, -0.15) is 26.3 Å². The summed E-state index contributed by atoms with van der Waals surface area (Å²) in [5, 5.41) is 10.3. The highest BCUT2D eigenvalue weighted by Crippen LogP contribution is 2.41. The van der Waals surface area contributed by atoms with Gasteiger partial charge in [0.15, 0.2) is 0 Å². The average Bonchev–Trinajstić information content (AvgIpc) is 3.05. The third-order valence-corrected chi connectivity index (χ3v) is 8.50. The summed E-state index contributed by atoms with van der Waals surface area (Å²) in [5.74, 6) is -2.29. The summed E-state index contributed by atoms with van der Waals surface area (Å²) >= 11 is 0. The van der Waals surface area contributed by atoms with E-state index in [4.69, 9.17) is 13.0 Å². The van der Waals surface area contributed by atoms with Crippen molar-refractivity contribution in [2.24, 2.45) is 0 Å². The Morgan fingerprint density at radius 1 is 1.02 bits per heavy atom. The normalized spacial score (nSPS) is 21.9. The molecule has 2 fully saturated rings. The van der Waals surface area contributed by atoms with Gasteiger partial charge in [0.1, 0.15) is 11.6 Å². The fraction of sp³-hybridized carbons (Fsp3) is 0.455. The van der Waals surface area contributed by atoms with Crippen LogP contribution >= 0.6 is 0 Å². The van der Waals surface area contributed by atoms with Crippen molar-refractivity contribution in [1.82, 2.24) is 9.88 Å². The number of piperazine rings is 1. The fourth-order valence-electron chi connectivity index (χ4n) is 5.94. The second-order valence-corrected chi connectivity index (χ2v) is 11.6. The van der Waals surface area contributed by atoms with E-state index >= 15 is 0 Å². The number of aryl methyl sites for hydroxylation is 1. The van der Waals surface area contributed by atoms with Crippen molar-refractivity contribution in [1.29, 1.82) is 0 Å². The number of nitrogens with zero attached hydrogens (tertiary/aromatic N) is 4. The van der Waals surface area contributed by atoms with Crippen LogP contribution in [0.5, 0.6) is 0 Å². The third-order valence-electron chi connectivity index (χ3n) is 8.50. The van der Waals surface area contributed by atoms with Gasteiger partial charge in [-0.05, 0) is 73.7 Å². The number of hydrogen-bond acceptors (Lipinski definition) is 6. The van der Waals surface area contributed by atoms with Gasteiger partial charge in [-0.1, -0.05) is 6.07 Å². The first kappa shape index (κ1) is 27.2. The molecule has 0 unspecified atom stereocenters. The van der Waals surface area contributed by atoms with E-state index in [0.717, 1.165) is 25.4 Å². The number of aliphatic hydroxyl groups is 1. The van der Waals surface area contributed by atoms with Gasteiger partial charge in [0.2, 0.25) is 5.91 Å². The van der Waals surface area contributed by atoms with Crippen molar-refractivity contribution in [3.63, 3.8) is 0 Å². The maximum Gasteiger partial charge on any atom is 0.416 e. The topological polar surface area (TPSA) is 69.1 Å². The first-order valence-electron chi connectivity index (χ1n) is 17.5. The second-order valence-electron chi connectivity index (χ2n) is 11.6. The average molecular weight is 675 g/mol. The number of pyridine rings is 1. The molecule has 3 heterocycles. The number of benzene rings is 2. The molecule has 2 aromatic carbocycles. The molecule has 3 aromatic rings. The Morgan fingerprint density at radius 2 is 1.68 bits per heavy atom. The monoisotopic (exact) mass is 674 g/mol. The van der Waals surface area contributed by atoms with E-state index in [1.54, 1.807) is 4.90 Å². The zero-order valence-electron chi connectivity index (χ0n) is 31.2. The zero-order chi connectivity index (χ0) is 39.5. The molecule has 2 saturated heterocycles. The molecule has 0 radical (unpaired) electrons. The van der Waals surface area contributed by atoms with Crippen LogP contribution in [0.3, 0.4) is 0 Å². The Kier molecular flexibility index (Phi) is 7.35. The number of aromatic nitrogens is 1. The summed E-state index contributed by atoms with van der Waals surface area (Å²) in [4.78, 5) is 23.5. The molecule has 0 spiro atoms. The summed E-state index contributed by atoms with van der Waals surface area (Å²) in [5.41, 5.74) is -9.28. The molecule has 5 rings (SSSR count). The van der Waals surface area contributed by atoms with Crippen molar-refractivity contribution >= 4 is 17.4 Å². The highest BCUT2D eigenvalue weighted by atomic mass is 19.4. The zero-order valence-corrected chi connectivity index (χ0v) is 25.2. The summed E-state index contributed by atoms with van der Waals surface area (Å²) in [6, 6.07) is 3.97. The molecular weight excluding hydrogens is 633 g/mol. The third kappa shape index (κ3) is 6.95. The van der Waals surface area contributed by atoms with Crippen LogP contribution in [0.25, 0.3) is 11.1 Å². The molecule has 1 amide bonds. The van der Waals surface area contributed by atoms with E-state index in [9.17, 15) is 40.6 Å². The molecule has 14 heteroatoms. The van der Waals surface area contributed by atoms with Crippen molar-refractivity contribution in [3.8, 4) is 11.1 Å². The smallest absolute Gasteiger partial charge is 0.394 e. The minimum absolute atomic E-state index is 0.0624. The standard InChI is InChI=1S/C33H35F7N4O3/c1-19-9-23(34)5-6-26(19)27-13-29(44-16-25-18-47-8-7-43(25)15-24(44)17-45)41-14-28(27)42(4)30(46)31(2,3)20-10-21(32(35,36)37)12-22(11-20)33(38,39)40/h5-6,9-14,24-25,45H,7-8,15-18H2,1-4H3/t24-,25-/m0/s1/i2D3,3D3. The first-order chi connectivity index (χ1) is 24.4. The second kappa shape index (κ2) is 12.7. The predicted octanol–water partition coefficient (Wildman–Crippen LogP) is 6.06. The number of ether oxygens (including phenoxy) is 1. The highest BCUT2D eigenvalue weighted by molar-refractivity contribution is 6.03. The number of hydrogen-bond donors (Lipinski definition) is 1. The number of fused-ring (bicyclic) bond motifs is 1. The van der Waals surface area contributed by atoms with Crippen LogP contribution in [0.15, 0.2) is 48.7 Å². The molecular formula is C33H35F7N4O3. The number of morpholine rings is 1. The Hall–Kier alpha value is -3.75. The van der Waals surface area contributed by atoms with Crippen LogP contribution in [-0.2, 0) is 27.3 Å². The highest BCUT2D eigenvalue weighted by Gasteiger charge is 2.42. The summed E-state index contributed by atoms with van der Waals surface area (Å²) in [6.07, 6.45) is -9.94. The lowest BCUT2D eigenvalue weighted by Gasteiger charge is -2.48. The Labute approximate surface area is 276 Å². The first-order valence-corrected chi connectivity index (χ1v) is 14.5. The van der Waals surface area contributed by atoms with Gasteiger partial charge in [0.25, 0.3) is 0 Å². The molecule has 0 aliphatic carbocycles. The predicted molar refractivity (Wildman–Crippen MR) is 162 cm³/mol. The Bertz CT molecular complexity index is 1810. The van der Waals surface area contributed by atoms with E-state index in [1.807, 2.05) is 0 Å². The molecule has 2 aliphatic rings. The SMILES string of the molecule is [2H]C([2H])([2H])C(C(=O)N(C)c1cnc(N2C[C@H]3COCCN3C[C@H]2CO)cc1-c1ccc(F)cc1C)(c1cc(C(F)(F)F)cc(C(F)(F)F)c1)C([2H])([2H])[2H]. The van der Waals surface area contributed by atoms with E-state index in [2.05, 4.69) is 9.88 Å². The van der Waals surface area contributed by atoms with Gasteiger partial charge in [0, 0.05) is 40.5 Å². The number of amides is 1. The minimum atomic E-state index is -5.51. The maximum atomic E-state index is 14.6.